The Morgan fingerprint density at radius 3 is 2.50 bits per heavy atom. The van der Waals surface area contributed by atoms with Crippen LogP contribution < -0.4 is 4.74 Å². The van der Waals surface area contributed by atoms with Crippen molar-refractivity contribution in [2.75, 3.05) is 0 Å². The topological polar surface area (TPSA) is 18.5 Å². The molecule has 0 radical (unpaired) electrons. The summed E-state index contributed by atoms with van der Waals surface area (Å²) in [5.41, 5.74) is 1.39. The summed E-state index contributed by atoms with van der Waals surface area (Å²) < 4.78 is 12.4. The molecule has 0 N–H and O–H groups in total. The molecule has 0 spiro atoms. The van der Waals surface area contributed by atoms with Gasteiger partial charge in [-0.25, -0.2) is 0 Å². The summed E-state index contributed by atoms with van der Waals surface area (Å²) in [7, 11) is 0. The van der Waals surface area contributed by atoms with Gasteiger partial charge in [0.2, 0.25) is 0 Å². The van der Waals surface area contributed by atoms with E-state index in [1.54, 1.807) is 0 Å². The first-order valence-corrected chi connectivity index (χ1v) is 10.1. The van der Waals surface area contributed by atoms with Gasteiger partial charge < -0.3 is 9.47 Å². The van der Waals surface area contributed by atoms with Gasteiger partial charge in [0.25, 0.3) is 0 Å². The highest BCUT2D eigenvalue weighted by Crippen LogP contribution is 2.59. The van der Waals surface area contributed by atoms with Crippen molar-refractivity contribution in [1.82, 2.24) is 0 Å². The molecule has 132 valence electrons. The molecule has 2 heteroatoms. The van der Waals surface area contributed by atoms with Crippen molar-refractivity contribution in [3.8, 4) is 5.75 Å². The van der Waals surface area contributed by atoms with Crippen molar-refractivity contribution < 1.29 is 9.47 Å². The van der Waals surface area contributed by atoms with Gasteiger partial charge in [-0.3, -0.25) is 0 Å². The molecular formula is C22H32O2. The fourth-order valence-electron chi connectivity index (χ4n) is 5.74. The van der Waals surface area contributed by atoms with Gasteiger partial charge >= 0.3 is 0 Å². The van der Waals surface area contributed by atoms with Gasteiger partial charge in [0.1, 0.15) is 5.75 Å². The molecule has 3 fully saturated rings. The Labute approximate surface area is 146 Å². The van der Waals surface area contributed by atoms with Gasteiger partial charge in [-0.05, 0) is 86.3 Å². The highest BCUT2D eigenvalue weighted by molar-refractivity contribution is 5.29. The lowest BCUT2D eigenvalue weighted by molar-refractivity contribution is -0.132. The summed E-state index contributed by atoms with van der Waals surface area (Å²) in [6.07, 6.45) is 8.51. The van der Waals surface area contributed by atoms with E-state index in [1.165, 1.54) is 44.1 Å². The Kier molecular flexibility index (Phi) is 4.60. The zero-order valence-electron chi connectivity index (χ0n) is 15.4. The summed E-state index contributed by atoms with van der Waals surface area (Å²) in [5, 5.41) is 0. The maximum Gasteiger partial charge on any atom is 0.197 e. The van der Waals surface area contributed by atoms with Gasteiger partial charge in [-0.1, -0.05) is 32.4 Å². The van der Waals surface area contributed by atoms with Crippen LogP contribution in [0.4, 0.5) is 0 Å². The fraction of sp³-hybridized carbons (Fsp3) is 0.727. The molecule has 0 aliphatic heterocycles. The normalized spacial score (nSPS) is 36.5. The first-order chi connectivity index (χ1) is 11.7. The maximum absolute atomic E-state index is 6.33. The molecule has 7 atom stereocenters. The van der Waals surface area contributed by atoms with Crippen LogP contribution in [-0.4, -0.2) is 12.4 Å². The van der Waals surface area contributed by atoms with Gasteiger partial charge in [-0.2, -0.15) is 0 Å². The highest BCUT2D eigenvalue weighted by atomic mass is 16.7. The van der Waals surface area contributed by atoms with Crippen LogP contribution in [0.1, 0.15) is 70.8 Å². The van der Waals surface area contributed by atoms with E-state index in [0.29, 0.717) is 12.0 Å². The van der Waals surface area contributed by atoms with Crippen LogP contribution in [0, 0.1) is 23.7 Å². The van der Waals surface area contributed by atoms with E-state index in [4.69, 9.17) is 9.47 Å². The first-order valence-electron chi connectivity index (χ1n) is 10.1. The molecule has 4 rings (SSSR count). The highest BCUT2D eigenvalue weighted by Gasteiger charge is 2.54. The van der Waals surface area contributed by atoms with E-state index < -0.39 is 0 Å². The molecule has 3 saturated carbocycles. The number of rotatable bonds is 6. The Morgan fingerprint density at radius 2 is 1.75 bits per heavy atom. The molecule has 0 heterocycles. The Morgan fingerprint density at radius 1 is 1.00 bits per heavy atom. The Balaban J connectivity index is 1.32. The molecule has 0 amide bonds. The second-order valence-electron chi connectivity index (χ2n) is 8.39. The van der Waals surface area contributed by atoms with Crippen LogP contribution in [0.2, 0.25) is 0 Å². The lowest BCUT2D eigenvalue weighted by atomic mass is 9.80. The molecule has 24 heavy (non-hydrogen) atoms. The molecule has 2 bridgehead atoms. The summed E-state index contributed by atoms with van der Waals surface area (Å²) in [4.78, 5) is 0. The van der Waals surface area contributed by atoms with E-state index in [-0.39, 0.29) is 6.29 Å². The molecule has 3 aliphatic carbocycles. The second kappa shape index (κ2) is 6.71. The average molecular weight is 328 g/mol. The Hall–Kier alpha value is -1.02. The van der Waals surface area contributed by atoms with Crippen LogP contribution in [-0.2, 0) is 4.74 Å². The fourth-order valence-corrected chi connectivity index (χ4v) is 5.74. The van der Waals surface area contributed by atoms with E-state index in [9.17, 15) is 0 Å². The minimum absolute atomic E-state index is 0.149. The van der Waals surface area contributed by atoms with Crippen molar-refractivity contribution in [1.29, 1.82) is 0 Å². The minimum atomic E-state index is -0.149. The summed E-state index contributed by atoms with van der Waals surface area (Å²) in [6.45, 7) is 6.56. The molecule has 2 nitrogen and oxygen atoms in total. The van der Waals surface area contributed by atoms with Crippen molar-refractivity contribution in [3.63, 3.8) is 0 Å². The molecule has 7 unspecified atom stereocenters. The van der Waals surface area contributed by atoms with Crippen LogP contribution in [0.5, 0.6) is 5.75 Å². The van der Waals surface area contributed by atoms with E-state index in [2.05, 4.69) is 45.0 Å². The number of hydrogen-bond donors (Lipinski definition) is 0. The van der Waals surface area contributed by atoms with Crippen molar-refractivity contribution >= 4 is 0 Å². The first kappa shape index (κ1) is 16.4. The van der Waals surface area contributed by atoms with E-state index in [1.807, 2.05) is 0 Å². The quantitative estimate of drug-likeness (QED) is 0.617. The van der Waals surface area contributed by atoms with Crippen LogP contribution in [0.3, 0.4) is 0 Å². The second-order valence-corrected chi connectivity index (χ2v) is 8.39. The van der Waals surface area contributed by atoms with Crippen LogP contribution in [0.15, 0.2) is 24.3 Å². The van der Waals surface area contributed by atoms with E-state index >= 15 is 0 Å². The number of ether oxygens (including phenoxy) is 2. The predicted molar refractivity (Wildman–Crippen MR) is 97.2 cm³/mol. The van der Waals surface area contributed by atoms with Crippen molar-refractivity contribution in [2.24, 2.45) is 23.7 Å². The van der Waals surface area contributed by atoms with Crippen LogP contribution >= 0.6 is 0 Å². The molecule has 1 aromatic rings. The van der Waals surface area contributed by atoms with Gasteiger partial charge in [0.05, 0.1) is 6.10 Å². The summed E-state index contributed by atoms with van der Waals surface area (Å²) in [6, 6.07) is 8.57. The zero-order valence-corrected chi connectivity index (χ0v) is 15.4. The lowest BCUT2D eigenvalue weighted by Gasteiger charge is -2.33. The van der Waals surface area contributed by atoms with E-state index in [0.717, 1.165) is 29.4 Å². The average Bonchev–Trinajstić information content (AvgIpc) is 3.27. The third-order valence-corrected chi connectivity index (χ3v) is 7.10. The van der Waals surface area contributed by atoms with Gasteiger partial charge in [-0.15, -0.1) is 0 Å². The third kappa shape index (κ3) is 2.98. The molecule has 0 saturated heterocycles. The maximum atomic E-state index is 6.33. The lowest BCUT2D eigenvalue weighted by Crippen LogP contribution is -2.34. The largest absolute Gasteiger partial charge is 0.465 e. The monoisotopic (exact) mass is 328 g/mol. The number of benzene rings is 1. The molecule has 1 aromatic carbocycles. The van der Waals surface area contributed by atoms with Crippen molar-refractivity contribution in [3.05, 3.63) is 29.8 Å². The Bertz CT molecular complexity index is 552. The standard InChI is InChI=1S/C22H32O2/c1-4-14(2)16-8-10-18(11-9-16)23-15(3)24-22-13-17-12-21(22)20-7-5-6-19(17)20/h8-11,14-15,17,19-22H,4-7,12-13H2,1-3H3. The summed E-state index contributed by atoms with van der Waals surface area (Å²) in [5.74, 6) is 5.27. The van der Waals surface area contributed by atoms with Crippen LogP contribution in [0.25, 0.3) is 0 Å². The SMILES string of the molecule is CCC(C)c1ccc(OC(C)OC2CC3CC2C2CCCC32)cc1. The van der Waals surface area contributed by atoms with Gasteiger partial charge in [0.15, 0.2) is 6.29 Å². The molecule has 0 aromatic heterocycles. The molecular weight excluding hydrogens is 296 g/mol. The minimum Gasteiger partial charge on any atom is -0.465 e. The van der Waals surface area contributed by atoms with Gasteiger partial charge in [0, 0.05) is 0 Å². The zero-order chi connectivity index (χ0) is 16.7. The summed E-state index contributed by atoms with van der Waals surface area (Å²) >= 11 is 0. The predicted octanol–water partition coefficient (Wildman–Crippen LogP) is 5.77. The van der Waals surface area contributed by atoms with Crippen molar-refractivity contribution in [2.45, 2.75) is 77.6 Å². The number of hydrogen-bond acceptors (Lipinski definition) is 2. The molecule has 3 aliphatic rings. The third-order valence-electron chi connectivity index (χ3n) is 7.10. The number of fused-ring (bicyclic) bond motifs is 5. The smallest absolute Gasteiger partial charge is 0.197 e.